The summed E-state index contributed by atoms with van der Waals surface area (Å²) < 4.78 is 0. The molecule has 0 bridgehead atoms. The number of nitrogens with zero attached hydrogens (tertiary/aromatic N) is 2. The molecular formula is C12H14ClN5O2S. The first-order valence-electron chi connectivity index (χ1n) is 5.74. The van der Waals surface area contributed by atoms with Crippen molar-refractivity contribution >= 4 is 51.9 Å². The molecule has 112 valence electrons. The molecule has 5 N–H and O–H groups in total. The zero-order chi connectivity index (χ0) is 16.0. The highest BCUT2D eigenvalue weighted by Gasteiger charge is 2.12. The lowest BCUT2D eigenvalue weighted by Crippen LogP contribution is -2.27. The van der Waals surface area contributed by atoms with Gasteiger partial charge in [0, 0.05) is 12.5 Å². The second kappa shape index (κ2) is 7.55. The van der Waals surface area contributed by atoms with Crippen LogP contribution in [-0.2, 0) is 4.79 Å². The molecule has 21 heavy (non-hydrogen) atoms. The Bertz CT molecular complexity index is 630. The molecule has 0 saturated heterocycles. The van der Waals surface area contributed by atoms with Crippen LogP contribution in [0.5, 0.6) is 0 Å². The van der Waals surface area contributed by atoms with Gasteiger partial charge in [0.25, 0.3) is 0 Å². The molecule has 1 amide bonds. The van der Waals surface area contributed by atoms with Gasteiger partial charge in [0.15, 0.2) is 5.11 Å². The van der Waals surface area contributed by atoms with Gasteiger partial charge in [0.2, 0.25) is 5.91 Å². The second-order valence-electron chi connectivity index (χ2n) is 4.00. The molecular weight excluding hydrogens is 314 g/mol. The number of hydrazone groups is 1. The maximum Gasteiger partial charge on any atom is 0.221 e. The third-order valence-corrected chi connectivity index (χ3v) is 2.74. The van der Waals surface area contributed by atoms with Crippen molar-refractivity contribution in [2.75, 3.05) is 5.32 Å². The molecule has 0 heterocycles. The van der Waals surface area contributed by atoms with Crippen LogP contribution in [-0.4, -0.2) is 27.7 Å². The Labute approximate surface area is 131 Å². The van der Waals surface area contributed by atoms with E-state index in [1.807, 2.05) is 0 Å². The van der Waals surface area contributed by atoms with Crippen molar-refractivity contribution < 1.29 is 10.0 Å². The fourth-order valence-electron chi connectivity index (χ4n) is 1.47. The van der Waals surface area contributed by atoms with E-state index in [4.69, 9.17) is 22.5 Å². The van der Waals surface area contributed by atoms with Gasteiger partial charge in [-0.3, -0.25) is 10.2 Å². The molecule has 1 aromatic rings. The lowest BCUT2D eigenvalue weighted by molar-refractivity contribution is -0.114. The van der Waals surface area contributed by atoms with Gasteiger partial charge >= 0.3 is 0 Å². The molecule has 0 fully saturated rings. The minimum absolute atomic E-state index is 0.0331. The minimum atomic E-state index is -0.263. The molecule has 0 spiro atoms. The summed E-state index contributed by atoms with van der Waals surface area (Å²) in [5.41, 5.74) is 9.23. The van der Waals surface area contributed by atoms with Crippen LogP contribution in [0.15, 0.2) is 28.5 Å². The molecule has 1 aromatic carbocycles. The molecule has 0 aromatic heterocycles. The molecule has 0 aliphatic carbocycles. The number of benzene rings is 1. The zero-order valence-corrected chi connectivity index (χ0v) is 12.9. The van der Waals surface area contributed by atoms with Crippen molar-refractivity contribution in [1.29, 1.82) is 0 Å². The molecule has 9 heteroatoms. The van der Waals surface area contributed by atoms with Crippen LogP contribution in [0.3, 0.4) is 0 Å². The van der Waals surface area contributed by atoms with E-state index < -0.39 is 0 Å². The van der Waals surface area contributed by atoms with Crippen LogP contribution in [0.4, 0.5) is 5.69 Å². The molecule has 0 aliphatic rings. The number of rotatable bonds is 4. The molecule has 0 atom stereocenters. The Morgan fingerprint density at radius 2 is 2.10 bits per heavy atom. The van der Waals surface area contributed by atoms with E-state index in [-0.39, 0.29) is 16.7 Å². The van der Waals surface area contributed by atoms with Crippen LogP contribution in [0.25, 0.3) is 0 Å². The Morgan fingerprint density at radius 1 is 1.43 bits per heavy atom. The monoisotopic (exact) mass is 327 g/mol. The number of amides is 1. The molecule has 0 saturated carbocycles. The van der Waals surface area contributed by atoms with Crippen LogP contribution in [0.1, 0.15) is 19.4 Å². The van der Waals surface area contributed by atoms with Gasteiger partial charge in [-0.25, -0.2) is 0 Å². The third-order valence-electron chi connectivity index (χ3n) is 2.32. The van der Waals surface area contributed by atoms with E-state index in [2.05, 4.69) is 33.2 Å². The first-order chi connectivity index (χ1) is 9.85. The smallest absolute Gasteiger partial charge is 0.221 e. The van der Waals surface area contributed by atoms with E-state index in [1.54, 1.807) is 25.1 Å². The fraction of sp³-hybridized carbons (Fsp3) is 0.167. The normalized spacial score (nSPS) is 12.0. The van der Waals surface area contributed by atoms with E-state index in [0.29, 0.717) is 22.0 Å². The van der Waals surface area contributed by atoms with Crippen molar-refractivity contribution in [2.45, 2.75) is 13.8 Å². The third kappa shape index (κ3) is 5.01. The van der Waals surface area contributed by atoms with Gasteiger partial charge in [-0.1, -0.05) is 22.8 Å². The molecule has 0 radical (unpaired) electrons. The molecule has 1 rings (SSSR count). The number of hydrogen-bond acceptors (Lipinski definition) is 5. The highest BCUT2D eigenvalue weighted by atomic mass is 35.5. The first-order valence-corrected chi connectivity index (χ1v) is 6.53. The second-order valence-corrected chi connectivity index (χ2v) is 4.84. The highest BCUT2D eigenvalue weighted by Crippen LogP contribution is 2.23. The predicted molar refractivity (Wildman–Crippen MR) is 87.1 cm³/mol. The number of carbonyl (C=O) groups excluding carboxylic acids is 1. The van der Waals surface area contributed by atoms with Crippen LogP contribution < -0.4 is 16.5 Å². The van der Waals surface area contributed by atoms with Crippen molar-refractivity contribution in [3.05, 3.63) is 28.8 Å². The summed E-state index contributed by atoms with van der Waals surface area (Å²) in [6.45, 7) is 2.92. The summed E-state index contributed by atoms with van der Waals surface area (Å²) in [6.07, 6.45) is 0. The van der Waals surface area contributed by atoms with Crippen LogP contribution >= 0.6 is 23.8 Å². The lowest BCUT2D eigenvalue weighted by Gasteiger charge is -2.10. The SMILES string of the molecule is CC(=O)Nc1cc(C(=NNC(N)=S)C(C)=NO)ccc1Cl. The predicted octanol–water partition coefficient (Wildman–Crippen LogP) is 1.69. The Balaban J connectivity index is 3.28. The molecule has 7 nitrogen and oxygen atoms in total. The fourth-order valence-corrected chi connectivity index (χ4v) is 1.68. The van der Waals surface area contributed by atoms with Crippen molar-refractivity contribution in [1.82, 2.24) is 5.43 Å². The van der Waals surface area contributed by atoms with Gasteiger partial charge in [0.1, 0.15) is 11.4 Å². The zero-order valence-electron chi connectivity index (χ0n) is 11.3. The average Bonchev–Trinajstić information content (AvgIpc) is 2.41. The van der Waals surface area contributed by atoms with Gasteiger partial charge in [-0.15, -0.1) is 0 Å². The first kappa shape index (κ1) is 16.9. The lowest BCUT2D eigenvalue weighted by atomic mass is 10.1. The number of oxime groups is 1. The van der Waals surface area contributed by atoms with Gasteiger partial charge < -0.3 is 16.3 Å². The largest absolute Gasteiger partial charge is 0.411 e. The summed E-state index contributed by atoms with van der Waals surface area (Å²) in [6, 6.07) is 4.84. The van der Waals surface area contributed by atoms with Crippen molar-refractivity contribution in [2.24, 2.45) is 16.0 Å². The Hall–Kier alpha value is -2.19. The van der Waals surface area contributed by atoms with Gasteiger partial charge in [-0.05, 0) is 31.3 Å². The number of anilines is 1. The standard InChI is InChI=1S/C12H14ClN5O2S/c1-6(18-20)11(16-17-12(14)21)8-3-4-9(13)10(5-8)15-7(2)19/h3-5,20H,1-2H3,(H,15,19)(H3,14,17,21). The Morgan fingerprint density at radius 3 is 2.62 bits per heavy atom. The van der Waals surface area contributed by atoms with E-state index in [1.165, 1.54) is 6.92 Å². The number of halogens is 1. The van der Waals surface area contributed by atoms with Crippen LogP contribution in [0, 0.1) is 0 Å². The maximum absolute atomic E-state index is 11.1. The van der Waals surface area contributed by atoms with Crippen molar-refractivity contribution in [3.8, 4) is 0 Å². The van der Waals surface area contributed by atoms with E-state index >= 15 is 0 Å². The highest BCUT2D eigenvalue weighted by molar-refractivity contribution is 7.80. The van der Waals surface area contributed by atoms with Gasteiger partial charge in [-0.2, -0.15) is 5.10 Å². The topological polar surface area (TPSA) is 112 Å². The average molecular weight is 328 g/mol. The molecule has 0 unspecified atom stereocenters. The van der Waals surface area contributed by atoms with E-state index in [9.17, 15) is 4.79 Å². The quantitative estimate of drug-likeness (QED) is 0.291. The number of thiocarbonyl (C=S) groups is 1. The summed E-state index contributed by atoms with van der Waals surface area (Å²) in [5, 5.41) is 18.9. The van der Waals surface area contributed by atoms with Crippen LogP contribution in [0.2, 0.25) is 5.02 Å². The molecule has 0 aliphatic heterocycles. The number of hydrogen-bond donors (Lipinski definition) is 4. The summed E-state index contributed by atoms with van der Waals surface area (Å²) in [7, 11) is 0. The summed E-state index contributed by atoms with van der Waals surface area (Å²) in [5.74, 6) is -0.263. The number of nitrogens with two attached hydrogens (primary N) is 1. The summed E-state index contributed by atoms with van der Waals surface area (Å²) >= 11 is 10.7. The maximum atomic E-state index is 11.1. The Kier molecular flexibility index (Phi) is 6.07. The van der Waals surface area contributed by atoms with E-state index in [0.717, 1.165) is 0 Å². The number of nitrogens with one attached hydrogen (secondary N) is 2. The summed E-state index contributed by atoms with van der Waals surface area (Å²) in [4.78, 5) is 11.1. The number of carbonyl (C=O) groups is 1. The minimum Gasteiger partial charge on any atom is -0.411 e. The van der Waals surface area contributed by atoms with Crippen molar-refractivity contribution in [3.63, 3.8) is 0 Å². The van der Waals surface area contributed by atoms with Gasteiger partial charge in [0.05, 0.1) is 10.7 Å².